The quantitative estimate of drug-likeness (QED) is 0.776. The van der Waals surface area contributed by atoms with E-state index in [-0.39, 0.29) is 11.6 Å². The highest BCUT2D eigenvalue weighted by Crippen LogP contribution is 2.23. The second-order valence-corrected chi connectivity index (χ2v) is 4.24. The normalized spacial score (nSPS) is 10.6. The van der Waals surface area contributed by atoms with E-state index in [1.54, 1.807) is 23.1 Å². The number of hydrogen-bond donors (Lipinski definition) is 0. The van der Waals surface area contributed by atoms with Crippen molar-refractivity contribution in [3.05, 3.63) is 42.0 Å². The van der Waals surface area contributed by atoms with Crippen LogP contribution in [0.5, 0.6) is 0 Å². The van der Waals surface area contributed by atoms with Gasteiger partial charge in [-0.05, 0) is 31.5 Å². The molecule has 0 aliphatic heterocycles. The van der Waals surface area contributed by atoms with E-state index < -0.39 is 0 Å². The van der Waals surface area contributed by atoms with Gasteiger partial charge < -0.3 is 0 Å². The van der Waals surface area contributed by atoms with Gasteiger partial charge in [0.25, 0.3) is 0 Å². The number of aryl methyl sites for hydroxylation is 1. The Kier molecular flexibility index (Phi) is 3.55. The summed E-state index contributed by atoms with van der Waals surface area (Å²) in [4.78, 5) is 11.3. The van der Waals surface area contributed by atoms with Crippen LogP contribution in [-0.4, -0.2) is 15.6 Å². The molecule has 3 nitrogen and oxygen atoms in total. The Morgan fingerprint density at radius 1 is 1.44 bits per heavy atom. The van der Waals surface area contributed by atoms with Crippen LogP contribution < -0.4 is 0 Å². The molecule has 0 radical (unpaired) electrons. The number of ketones is 1. The van der Waals surface area contributed by atoms with Gasteiger partial charge in [-0.1, -0.05) is 6.92 Å². The summed E-state index contributed by atoms with van der Waals surface area (Å²) in [6.07, 6.45) is 4.39. The largest absolute Gasteiger partial charge is 0.295 e. The van der Waals surface area contributed by atoms with E-state index in [9.17, 15) is 9.18 Å². The van der Waals surface area contributed by atoms with Crippen molar-refractivity contribution < 1.29 is 9.18 Å². The summed E-state index contributed by atoms with van der Waals surface area (Å²) in [7, 11) is 0. The van der Waals surface area contributed by atoms with Crippen LogP contribution in [0.2, 0.25) is 0 Å². The van der Waals surface area contributed by atoms with Crippen LogP contribution >= 0.6 is 0 Å². The third-order valence-electron chi connectivity index (χ3n) is 2.77. The first kappa shape index (κ1) is 12.5. The number of carbonyl (C=O) groups is 1. The zero-order valence-electron chi connectivity index (χ0n) is 10.5. The zero-order valence-corrected chi connectivity index (χ0v) is 10.5. The summed E-state index contributed by atoms with van der Waals surface area (Å²) in [5.74, 6) is -0.409. The molecular formula is C14H15FN2O. The SMILES string of the molecule is CCCn1cc(-c2cc(C(C)=O)ccc2F)cn1. The molecule has 1 aromatic heterocycles. The van der Waals surface area contributed by atoms with Crippen LogP contribution in [0, 0.1) is 5.82 Å². The van der Waals surface area contributed by atoms with Crippen molar-refractivity contribution in [2.45, 2.75) is 26.8 Å². The fourth-order valence-corrected chi connectivity index (χ4v) is 1.82. The number of hydrogen-bond acceptors (Lipinski definition) is 2. The van der Waals surface area contributed by atoms with E-state index in [0.717, 1.165) is 13.0 Å². The fraction of sp³-hybridized carbons (Fsp3) is 0.286. The third-order valence-corrected chi connectivity index (χ3v) is 2.77. The van der Waals surface area contributed by atoms with Gasteiger partial charge in [0.15, 0.2) is 5.78 Å². The Morgan fingerprint density at radius 3 is 2.89 bits per heavy atom. The van der Waals surface area contributed by atoms with Gasteiger partial charge in [-0.3, -0.25) is 9.48 Å². The molecule has 0 unspecified atom stereocenters. The number of carbonyl (C=O) groups excluding carboxylic acids is 1. The van der Waals surface area contributed by atoms with Crippen molar-refractivity contribution in [2.24, 2.45) is 0 Å². The highest BCUT2D eigenvalue weighted by molar-refractivity contribution is 5.95. The molecule has 2 rings (SSSR count). The van der Waals surface area contributed by atoms with Crippen molar-refractivity contribution in [1.82, 2.24) is 9.78 Å². The molecule has 0 saturated carbocycles. The van der Waals surface area contributed by atoms with E-state index in [0.29, 0.717) is 16.7 Å². The Hall–Kier alpha value is -1.97. The molecule has 0 amide bonds. The van der Waals surface area contributed by atoms with Gasteiger partial charge in [-0.15, -0.1) is 0 Å². The maximum atomic E-state index is 13.8. The average molecular weight is 246 g/mol. The number of Topliss-reactive ketones (excluding diaryl/α,β-unsaturated/α-hetero) is 1. The molecule has 1 heterocycles. The van der Waals surface area contributed by atoms with E-state index >= 15 is 0 Å². The predicted octanol–water partition coefficient (Wildman–Crippen LogP) is 3.30. The lowest BCUT2D eigenvalue weighted by Gasteiger charge is -2.02. The summed E-state index contributed by atoms with van der Waals surface area (Å²) in [6, 6.07) is 4.39. The lowest BCUT2D eigenvalue weighted by molar-refractivity contribution is 0.101. The number of aromatic nitrogens is 2. The van der Waals surface area contributed by atoms with Crippen LogP contribution in [0.4, 0.5) is 4.39 Å². The molecular weight excluding hydrogens is 231 g/mol. The van der Waals surface area contributed by atoms with Crippen molar-refractivity contribution in [2.75, 3.05) is 0 Å². The van der Waals surface area contributed by atoms with Gasteiger partial charge in [-0.2, -0.15) is 5.10 Å². The van der Waals surface area contributed by atoms with Crippen LogP contribution in [0.3, 0.4) is 0 Å². The molecule has 0 fully saturated rings. The first-order valence-corrected chi connectivity index (χ1v) is 5.95. The molecule has 0 atom stereocenters. The van der Waals surface area contributed by atoms with Crippen LogP contribution in [0.25, 0.3) is 11.1 Å². The molecule has 0 aliphatic carbocycles. The second-order valence-electron chi connectivity index (χ2n) is 4.24. The highest BCUT2D eigenvalue weighted by atomic mass is 19.1. The maximum absolute atomic E-state index is 13.8. The van der Waals surface area contributed by atoms with Gasteiger partial charge >= 0.3 is 0 Å². The minimum Gasteiger partial charge on any atom is -0.295 e. The standard InChI is InChI=1S/C14H15FN2O/c1-3-6-17-9-12(8-16-17)13-7-11(10(2)18)4-5-14(13)15/h4-5,7-9H,3,6H2,1-2H3. The molecule has 2 aromatic rings. The van der Waals surface area contributed by atoms with Crippen molar-refractivity contribution in [3.8, 4) is 11.1 Å². The predicted molar refractivity (Wildman–Crippen MR) is 67.9 cm³/mol. The Labute approximate surface area is 105 Å². The molecule has 0 N–H and O–H groups in total. The molecule has 18 heavy (non-hydrogen) atoms. The lowest BCUT2D eigenvalue weighted by atomic mass is 10.0. The summed E-state index contributed by atoms with van der Waals surface area (Å²) in [5.41, 5.74) is 1.63. The summed E-state index contributed by atoms with van der Waals surface area (Å²) in [5, 5.41) is 4.16. The van der Waals surface area contributed by atoms with E-state index in [2.05, 4.69) is 12.0 Å². The molecule has 0 spiro atoms. The van der Waals surface area contributed by atoms with E-state index in [1.165, 1.54) is 19.1 Å². The van der Waals surface area contributed by atoms with Gasteiger partial charge in [0.2, 0.25) is 0 Å². The average Bonchev–Trinajstić information content (AvgIpc) is 2.78. The maximum Gasteiger partial charge on any atom is 0.159 e. The van der Waals surface area contributed by atoms with Crippen molar-refractivity contribution in [3.63, 3.8) is 0 Å². The number of nitrogens with zero attached hydrogens (tertiary/aromatic N) is 2. The molecule has 94 valence electrons. The van der Waals surface area contributed by atoms with Crippen molar-refractivity contribution in [1.29, 1.82) is 0 Å². The van der Waals surface area contributed by atoms with Crippen LogP contribution in [-0.2, 0) is 6.54 Å². The summed E-state index contributed by atoms with van der Waals surface area (Å²) < 4.78 is 15.5. The molecule has 1 aromatic carbocycles. The lowest BCUT2D eigenvalue weighted by Crippen LogP contribution is -1.96. The molecule has 0 saturated heterocycles. The first-order chi connectivity index (χ1) is 8.61. The van der Waals surface area contributed by atoms with Gasteiger partial charge in [0, 0.05) is 29.4 Å². The van der Waals surface area contributed by atoms with Crippen LogP contribution in [0.1, 0.15) is 30.6 Å². The Morgan fingerprint density at radius 2 is 2.22 bits per heavy atom. The first-order valence-electron chi connectivity index (χ1n) is 5.95. The monoisotopic (exact) mass is 246 g/mol. The van der Waals surface area contributed by atoms with E-state index in [1.807, 2.05) is 0 Å². The minimum atomic E-state index is -0.337. The number of benzene rings is 1. The molecule has 0 bridgehead atoms. The van der Waals surface area contributed by atoms with Crippen LogP contribution in [0.15, 0.2) is 30.6 Å². The Balaban J connectivity index is 2.41. The smallest absolute Gasteiger partial charge is 0.159 e. The van der Waals surface area contributed by atoms with Gasteiger partial charge in [-0.25, -0.2) is 4.39 Å². The second kappa shape index (κ2) is 5.12. The summed E-state index contributed by atoms with van der Waals surface area (Å²) in [6.45, 7) is 4.32. The number of halogens is 1. The fourth-order valence-electron chi connectivity index (χ4n) is 1.82. The number of rotatable bonds is 4. The summed E-state index contributed by atoms with van der Waals surface area (Å²) >= 11 is 0. The zero-order chi connectivity index (χ0) is 13.1. The van der Waals surface area contributed by atoms with E-state index in [4.69, 9.17) is 0 Å². The van der Waals surface area contributed by atoms with Gasteiger partial charge in [0.1, 0.15) is 5.82 Å². The van der Waals surface area contributed by atoms with Gasteiger partial charge in [0.05, 0.1) is 6.20 Å². The third kappa shape index (κ3) is 2.47. The Bertz CT molecular complexity index is 575. The van der Waals surface area contributed by atoms with Crippen molar-refractivity contribution >= 4 is 5.78 Å². The molecule has 4 heteroatoms. The minimum absolute atomic E-state index is 0.0720. The molecule has 0 aliphatic rings. The highest BCUT2D eigenvalue weighted by Gasteiger charge is 2.10. The topological polar surface area (TPSA) is 34.9 Å².